The summed E-state index contributed by atoms with van der Waals surface area (Å²) in [5, 5.41) is 12.1. The van der Waals surface area contributed by atoms with E-state index in [0.717, 1.165) is 65.1 Å². The molecule has 1 saturated heterocycles. The van der Waals surface area contributed by atoms with E-state index in [1.165, 1.54) is 11.3 Å². The van der Waals surface area contributed by atoms with Crippen molar-refractivity contribution in [2.45, 2.75) is 5.54 Å². The van der Waals surface area contributed by atoms with E-state index in [2.05, 4.69) is 27.9 Å². The minimum absolute atomic E-state index is 0.468. The molecular weight excluding hydrogens is 458 g/mol. The number of hydrogen-bond acceptors (Lipinski definition) is 7. The van der Waals surface area contributed by atoms with Crippen LogP contribution < -0.4 is 9.47 Å². The maximum absolute atomic E-state index is 9.39. The Morgan fingerprint density at radius 3 is 2.06 bits per heavy atom. The Labute approximate surface area is 209 Å². The van der Waals surface area contributed by atoms with Gasteiger partial charge in [0.1, 0.15) is 22.3 Å². The van der Waals surface area contributed by atoms with Crippen LogP contribution in [0.25, 0.3) is 5.57 Å². The third-order valence-corrected chi connectivity index (χ3v) is 7.50. The predicted molar refractivity (Wildman–Crippen MR) is 141 cm³/mol. The van der Waals surface area contributed by atoms with Crippen LogP contribution >= 0.6 is 11.3 Å². The molecule has 1 unspecified atom stereocenters. The molecule has 2 aliphatic rings. The van der Waals surface area contributed by atoms with Gasteiger partial charge in [0, 0.05) is 48.9 Å². The van der Waals surface area contributed by atoms with E-state index in [4.69, 9.17) is 14.5 Å². The molecule has 2 aliphatic heterocycles. The molecular formula is C27H29N5O2S. The number of benzene rings is 2. The first kappa shape index (κ1) is 23.3. The number of nitrogens with one attached hydrogen (secondary N) is 1. The largest absolute Gasteiger partial charge is 0.497 e. The maximum Gasteiger partial charge on any atom is 0.188 e. The van der Waals surface area contributed by atoms with Crippen LogP contribution in [0.1, 0.15) is 16.1 Å². The molecule has 8 heteroatoms. The summed E-state index contributed by atoms with van der Waals surface area (Å²) in [7, 11) is 5.45. The highest BCUT2D eigenvalue weighted by Gasteiger charge is 2.45. The number of hydrogen-bond donors (Lipinski definition) is 1. The van der Waals surface area contributed by atoms with Gasteiger partial charge in [0.25, 0.3) is 0 Å². The summed E-state index contributed by atoms with van der Waals surface area (Å²) in [6.45, 7) is 3.42. The Morgan fingerprint density at radius 1 is 0.914 bits per heavy atom. The van der Waals surface area contributed by atoms with Crippen molar-refractivity contribution < 1.29 is 9.47 Å². The smallest absolute Gasteiger partial charge is 0.188 e. The van der Waals surface area contributed by atoms with E-state index in [9.17, 15) is 5.41 Å². The molecule has 0 amide bonds. The van der Waals surface area contributed by atoms with Gasteiger partial charge in [-0.3, -0.25) is 10.4 Å². The van der Waals surface area contributed by atoms with Gasteiger partial charge in [0.15, 0.2) is 5.54 Å². The molecule has 0 aliphatic carbocycles. The third kappa shape index (κ3) is 4.35. The van der Waals surface area contributed by atoms with Crippen LogP contribution in [0.2, 0.25) is 0 Å². The fraction of sp³-hybridized carbons (Fsp3) is 0.296. The second-order valence-corrected chi connectivity index (χ2v) is 9.61. The Hall–Kier alpha value is -3.49. The van der Waals surface area contributed by atoms with Gasteiger partial charge in [-0.05, 0) is 55.1 Å². The standard InChI is InChI=1S/C27H29N5O2S/c1-31-13-15-32(16-14-31)25(28)27(26-29-12-17-35-26)18-23(19-4-8-21(33-2)9-5-19)24(30-27)20-6-10-22(34-3)11-7-20/h4-12,17-18,28H,13-16H2,1-3H3. The van der Waals surface area contributed by atoms with E-state index in [1.807, 2.05) is 53.9 Å². The molecule has 3 heterocycles. The first-order chi connectivity index (χ1) is 17.0. The number of thiazole rings is 1. The van der Waals surface area contributed by atoms with Gasteiger partial charge in [0.05, 0.1) is 19.9 Å². The molecule has 1 fully saturated rings. The number of aromatic nitrogens is 1. The first-order valence-electron chi connectivity index (χ1n) is 11.6. The maximum atomic E-state index is 9.39. The number of piperazine rings is 1. The molecule has 1 N–H and O–H groups in total. The van der Waals surface area contributed by atoms with Gasteiger partial charge in [-0.25, -0.2) is 4.98 Å². The lowest BCUT2D eigenvalue weighted by Crippen LogP contribution is -2.52. The van der Waals surface area contributed by atoms with Crippen LogP contribution in [0.4, 0.5) is 0 Å². The molecule has 7 nitrogen and oxygen atoms in total. The normalized spacial score (nSPS) is 20.4. The van der Waals surface area contributed by atoms with Crippen LogP contribution in [0.3, 0.4) is 0 Å². The zero-order valence-corrected chi connectivity index (χ0v) is 21.0. The van der Waals surface area contributed by atoms with E-state index < -0.39 is 5.54 Å². The van der Waals surface area contributed by atoms with Gasteiger partial charge < -0.3 is 19.3 Å². The third-order valence-electron chi connectivity index (χ3n) is 6.60. The molecule has 5 rings (SSSR count). The number of rotatable bonds is 6. The lowest BCUT2D eigenvalue weighted by molar-refractivity contribution is 0.208. The van der Waals surface area contributed by atoms with Gasteiger partial charge in [-0.15, -0.1) is 11.3 Å². The summed E-state index contributed by atoms with van der Waals surface area (Å²) in [5.41, 5.74) is 2.83. The first-order valence-corrected chi connectivity index (χ1v) is 12.5. The number of allylic oxidation sites excluding steroid dienone is 1. The molecule has 1 aromatic heterocycles. The second kappa shape index (κ2) is 9.64. The summed E-state index contributed by atoms with van der Waals surface area (Å²) < 4.78 is 10.8. The number of ether oxygens (including phenoxy) is 2. The van der Waals surface area contributed by atoms with Crippen LogP contribution in [0.5, 0.6) is 11.5 Å². The molecule has 0 spiro atoms. The Bertz CT molecular complexity index is 1180. The van der Waals surface area contributed by atoms with Crippen molar-refractivity contribution >= 4 is 28.5 Å². The van der Waals surface area contributed by atoms with Crippen molar-refractivity contribution in [3.63, 3.8) is 0 Å². The fourth-order valence-corrected chi connectivity index (χ4v) is 5.27. The highest BCUT2D eigenvalue weighted by atomic mass is 32.1. The minimum atomic E-state index is -0.978. The van der Waals surface area contributed by atoms with E-state index >= 15 is 0 Å². The monoisotopic (exact) mass is 487 g/mol. The van der Waals surface area contributed by atoms with Gasteiger partial charge >= 0.3 is 0 Å². The molecule has 35 heavy (non-hydrogen) atoms. The van der Waals surface area contributed by atoms with Gasteiger partial charge in [0.2, 0.25) is 0 Å². The lowest BCUT2D eigenvalue weighted by atomic mass is 9.92. The van der Waals surface area contributed by atoms with Crippen molar-refractivity contribution in [2.24, 2.45) is 4.99 Å². The number of aliphatic imine (C=N–C) groups is 1. The van der Waals surface area contributed by atoms with Crippen LogP contribution in [-0.4, -0.2) is 73.8 Å². The van der Waals surface area contributed by atoms with Crippen molar-refractivity contribution in [2.75, 3.05) is 47.4 Å². The zero-order valence-electron chi connectivity index (χ0n) is 20.2. The number of likely N-dealkylation sites (N-methyl/N-ethyl adjacent to an activating group) is 1. The van der Waals surface area contributed by atoms with Gasteiger partial charge in [-0.1, -0.05) is 12.1 Å². The Morgan fingerprint density at radius 2 is 1.51 bits per heavy atom. The van der Waals surface area contributed by atoms with Gasteiger partial charge in [-0.2, -0.15) is 0 Å². The van der Waals surface area contributed by atoms with Crippen LogP contribution in [-0.2, 0) is 5.54 Å². The van der Waals surface area contributed by atoms with Crippen molar-refractivity contribution in [1.29, 1.82) is 5.41 Å². The number of methoxy groups -OCH3 is 2. The summed E-state index contributed by atoms with van der Waals surface area (Å²) in [5.74, 6) is 2.06. The highest BCUT2D eigenvalue weighted by molar-refractivity contribution is 7.09. The van der Waals surface area contributed by atoms with E-state index in [0.29, 0.717) is 5.84 Å². The zero-order chi connectivity index (χ0) is 24.4. The van der Waals surface area contributed by atoms with E-state index in [-0.39, 0.29) is 0 Å². The molecule has 2 aromatic carbocycles. The Kier molecular flexibility index (Phi) is 6.40. The molecule has 180 valence electrons. The van der Waals surface area contributed by atoms with Crippen LogP contribution in [0.15, 0.2) is 71.2 Å². The van der Waals surface area contributed by atoms with Crippen molar-refractivity contribution in [3.8, 4) is 11.5 Å². The van der Waals surface area contributed by atoms with Crippen molar-refractivity contribution in [1.82, 2.24) is 14.8 Å². The quantitative estimate of drug-likeness (QED) is 0.417. The average molecular weight is 488 g/mol. The van der Waals surface area contributed by atoms with E-state index in [1.54, 1.807) is 20.4 Å². The average Bonchev–Trinajstić information content (AvgIpc) is 3.59. The predicted octanol–water partition coefficient (Wildman–Crippen LogP) is 4.17. The summed E-state index contributed by atoms with van der Waals surface area (Å²) in [6, 6.07) is 15.9. The minimum Gasteiger partial charge on any atom is -0.497 e. The summed E-state index contributed by atoms with van der Waals surface area (Å²) >= 11 is 1.54. The molecule has 3 aromatic rings. The second-order valence-electron chi connectivity index (χ2n) is 8.72. The molecule has 1 atom stereocenters. The molecule has 0 bridgehead atoms. The number of nitrogens with zero attached hydrogens (tertiary/aromatic N) is 4. The Balaban J connectivity index is 1.66. The van der Waals surface area contributed by atoms with Crippen molar-refractivity contribution in [3.05, 3.63) is 82.3 Å². The lowest BCUT2D eigenvalue weighted by Gasteiger charge is -2.38. The number of amidine groups is 1. The van der Waals surface area contributed by atoms with Crippen LogP contribution in [0, 0.1) is 5.41 Å². The summed E-state index contributed by atoms with van der Waals surface area (Å²) in [4.78, 5) is 14.4. The highest BCUT2D eigenvalue weighted by Crippen LogP contribution is 2.42. The summed E-state index contributed by atoms with van der Waals surface area (Å²) in [6.07, 6.45) is 3.91. The fourth-order valence-electron chi connectivity index (χ4n) is 4.52. The molecule has 0 radical (unpaired) electrons. The topological polar surface area (TPSA) is 74.0 Å². The SMILES string of the molecule is COc1ccc(C2=CC(C(=N)N3CCN(C)CC3)(c3nccs3)N=C2c2ccc(OC)cc2)cc1. The molecule has 0 saturated carbocycles.